The normalized spacial score (nSPS) is 13.5. The highest BCUT2D eigenvalue weighted by Crippen LogP contribution is 2.29. The molecule has 2 atom stereocenters. The predicted molar refractivity (Wildman–Crippen MR) is 96.5 cm³/mol. The number of aromatic nitrogens is 1. The number of para-hydroxylation sites is 1. The minimum absolute atomic E-state index is 0. The summed E-state index contributed by atoms with van der Waals surface area (Å²) in [7, 11) is 0. The number of hydrogen-bond donors (Lipinski definition) is 2. The number of aliphatic hydroxyl groups is 1. The van der Waals surface area contributed by atoms with E-state index in [0.717, 1.165) is 16.5 Å². The first-order valence-electron chi connectivity index (χ1n) is 7.40. The molecule has 23 heavy (non-hydrogen) atoms. The first kappa shape index (κ1) is 17.5. The van der Waals surface area contributed by atoms with Crippen molar-refractivity contribution < 1.29 is 9.50 Å². The van der Waals surface area contributed by atoms with E-state index in [0.29, 0.717) is 13.0 Å². The summed E-state index contributed by atoms with van der Waals surface area (Å²) in [5, 5.41) is 11.6. The maximum Gasteiger partial charge on any atom is 0.123 e. The predicted octanol–water partition coefficient (Wildman–Crippen LogP) is 3.19. The second kappa shape index (κ2) is 7.64. The van der Waals surface area contributed by atoms with Gasteiger partial charge in [-0.05, 0) is 48.2 Å². The van der Waals surface area contributed by atoms with Gasteiger partial charge in [0, 0.05) is 11.7 Å². The van der Waals surface area contributed by atoms with Crippen LogP contribution in [0.2, 0.25) is 0 Å². The number of nitrogens with two attached hydrogens (primary N) is 1. The summed E-state index contributed by atoms with van der Waals surface area (Å²) >= 11 is 0. The summed E-state index contributed by atoms with van der Waals surface area (Å²) in [6, 6.07) is 16.0. The van der Waals surface area contributed by atoms with Gasteiger partial charge in [-0.25, -0.2) is 4.39 Å². The Morgan fingerprint density at radius 2 is 1.87 bits per heavy atom. The number of halogens is 1. The fraction of sp³-hybridized carbons (Fsp3) is 0.222. The number of hydrogen-bond acceptors (Lipinski definition) is 2. The molecular formula is C18H21FN2OS. The Kier molecular flexibility index (Phi) is 5.82. The third kappa shape index (κ3) is 3.58. The molecule has 0 saturated carbocycles. The molecule has 3 N–H and O–H groups in total. The third-order valence-corrected chi connectivity index (χ3v) is 3.95. The van der Waals surface area contributed by atoms with E-state index < -0.39 is 6.10 Å². The van der Waals surface area contributed by atoms with Crippen LogP contribution in [-0.2, 0) is 0 Å². The summed E-state index contributed by atoms with van der Waals surface area (Å²) in [4.78, 5) is 0. The Bertz CT molecular complexity index is 774. The molecular weight excluding hydrogens is 311 g/mol. The zero-order chi connectivity index (χ0) is 15.5. The Labute approximate surface area is 142 Å². The fourth-order valence-corrected chi connectivity index (χ4v) is 2.93. The summed E-state index contributed by atoms with van der Waals surface area (Å²) < 4.78 is 15.6. The topological polar surface area (TPSA) is 51.2 Å². The van der Waals surface area contributed by atoms with E-state index in [4.69, 9.17) is 5.73 Å². The molecule has 5 heteroatoms. The third-order valence-electron chi connectivity index (χ3n) is 3.95. The largest absolute Gasteiger partial charge is 0.391 e. The van der Waals surface area contributed by atoms with Crippen molar-refractivity contribution in [2.24, 2.45) is 5.73 Å². The molecule has 0 radical (unpaired) electrons. The fourth-order valence-electron chi connectivity index (χ4n) is 2.93. The SMILES string of the molecule is NCC[C@@H](O)[C@H](c1cccc(F)c1)n1ccc2ccccc21.S. The molecule has 0 unspecified atom stereocenters. The molecule has 1 aromatic heterocycles. The van der Waals surface area contributed by atoms with Crippen LogP contribution in [0.15, 0.2) is 60.8 Å². The number of rotatable bonds is 5. The van der Waals surface area contributed by atoms with Crippen molar-refractivity contribution in [1.82, 2.24) is 4.57 Å². The van der Waals surface area contributed by atoms with Gasteiger partial charge in [0.1, 0.15) is 5.82 Å². The van der Waals surface area contributed by atoms with Crippen molar-refractivity contribution in [1.29, 1.82) is 0 Å². The van der Waals surface area contributed by atoms with Crippen LogP contribution in [-0.4, -0.2) is 22.3 Å². The van der Waals surface area contributed by atoms with E-state index in [2.05, 4.69) is 0 Å². The van der Waals surface area contributed by atoms with E-state index in [-0.39, 0.29) is 25.4 Å². The molecule has 0 amide bonds. The van der Waals surface area contributed by atoms with Crippen LogP contribution < -0.4 is 5.73 Å². The van der Waals surface area contributed by atoms with Gasteiger partial charge in [0.2, 0.25) is 0 Å². The standard InChI is InChI=1S/C18H19FN2O.H2S/c19-15-6-3-5-14(12-15)18(17(22)8-10-20)21-11-9-13-4-1-2-7-16(13)21;/h1-7,9,11-12,17-18,22H,8,10,20H2;1H2/t17-,18+;/m1./s1. The lowest BCUT2D eigenvalue weighted by Crippen LogP contribution is -2.27. The summed E-state index contributed by atoms with van der Waals surface area (Å²) in [6.45, 7) is 0.381. The summed E-state index contributed by atoms with van der Waals surface area (Å²) in [5.74, 6) is -0.307. The van der Waals surface area contributed by atoms with Gasteiger partial charge in [-0.1, -0.05) is 30.3 Å². The molecule has 3 aromatic rings. The Morgan fingerprint density at radius 3 is 2.61 bits per heavy atom. The van der Waals surface area contributed by atoms with Gasteiger partial charge in [0.25, 0.3) is 0 Å². The number of aliphatic hydroxyl groups excluding tert-OH is 1. The Morgan fingerprint density at radius 1 is 1.09 bits per heavy atom. The summed E-state index contributed by atoms with van der Waals surface area (Å²) in [6.07, 6.45) is 1.70. The molecule has 0 aliphatic rings. The van der Waals surface area contributed by atoms with Crippen molar-refractivity contribution in [3.8, 4) is 0 Å². The monoisotopic (exact) mass is 332 g/mol. The van der Waals surface area contributed by atoms with E-state index in [1.54, 1.807) is 6.07 Å². The molecule has 122 valence electrons. The van der Waals surface area contributed by atoms with Gasteiger partial charge in [0.05, 0.1) is 12.1 Å². The molecule has 0 aliphatic heterocycles. The highest BCUT2D eigenvalue weighted by Gasteiger charge is 2.23. The van der Waals surface area contributed by atoms with Crippen LogP contribution in [0.3, 0.4) is 0 Å². The van der Waals surface area contributed by atoms with Gasteiger partial charge in [-0.2, -0.15) is 13.5 Å². The lowest BCUT2D eigenvalue weighted by Gasteiger charge is -2.26. The quantitative estimate of drug-likeness (QED) is 0.754. The molecule has 0 fully saturated rings. The number of benzene rings is 2. The molecule has 0 aliphatic carbocycles. The number of fused-ring (bicyclic) bond motifs is 1. The van der Waals surface area contributed by atoms with Crippen LogP contribution in [0, 0.1) is 5.82 Å². The van der Waals surface area contributed by atoms with Crippen molar-refractivity contribution >= 4 is 24.4 Å². The lowest BCUT2D eigenvalue weighted by molar-refractivity contribution is 0.125. The maximum absolute atomic E-state index is 13.6. The first-order valence-corrected chi connectivity index (χ1v) is 7.40. The van der Waals surface area contributed by atoms with E-state index in [1.165, 1.54) is 12.1 Å². The van der Waals surface area contributed by atoms with Crippen LogP contribution >= 0.6 is 13.5 Å². The highest BCUT2D eigenvalue weighted by atomic mass is 32.1. The van der Waals surface area contributed by atoms with Gasteiger partial charge >= 0.3 is 0 Å². The van der Waals surface area contributed by atoms with Crippen molar-refractivity contribution in [3.63, 3.8) is 0 Å². The maximum atomic E-state index is 13.6. The molecule has 0 bridgehead atoms. The van der Waals surface area contributed by atoms with E-state index in [9.17, 15) is 9.50 Å². The van der Waals surface area contributed by atoms with Crippen LogP contribution in [0.1, 0.15) is 18.0 Å². The lowest BCUT2D eigenvalue weighted by atomic mass is 9.98. The zero-order valence-electron chi connectivity index (χ0n) is 12.7. The van der Waals surface area contributed by atoms with E-state index in [1.807, 2.05) is 47.2 Å². The highest BCUT2D eigenvalue weighted by molar-refractivity contribution is 7.59. The van der Waals surface area contributed by atoms with Crippen molar-refractivity contribution in [2.45, 2.75) is 18.6 Å². The van der Waals surface area contributed by atoms with Gasteiger partial charge < -0.3 is 15.4 Å². The van der Waals surface area contributed by atoms with Crippen LogP contribution in [0.5, 0.6) is 0 Å². The zero-order valence-corrected chi connectivity index (χ0v) is 13.7. The minimum atomic E-state index is -0.678. The smallest absolute Gasteiger partial charge is 0.123 e. The van der Waals surface area contributed by atoms with Gasteiger partial charge in [0.15, 0.2) is 0 Å². The van der Waals surface area contributed by atoms with Crippen molar-refractivity contribution in [2.75, 3.05) is 6.54 Å². The minimum Gasteiger partial charge on any atom is -0.391 e. The molecule has 3 nitrogen and oxygen atoms in total. The summed E-state index contributed by atoms with van der Waals surface area (Å²) in [5.41, 5.74) is 7.34. The van der Waals surface area contributed by atoms with Gasteiger partial charge in [-0.15, -0.1) is 0 Å². The molecule has 0 saturated heterocycles. The Balaban J connectivity index is 0.00000192. The van der Waals surface area contributed by atoms with Gasteiger partial charge in [-0.3, -0.25) is 0 Å². The molecule has 1 heterocycles. The molecule has 2 aromatic carbocycles. The van der Waals surface area contributed by atoms with Crippen molar-refractivity contribution in [3.05, 3.63) is 72.2 Å². The molecule has 3 rings (SSSR count). The Hall–Kier alpha value is -1.82. The first-order chi connectivity index (χ1) is 10.7. The second-order valence-electron chi connectivity index (χ2n) is 5.43. The van der Waals surface area contributed by atoms with Crippen LogP contribution in [0.25, 0.3) is 10.9 Å². The average Bonchev–Trinajstić information content (AvgIpc) is 2.92. The van der Waals surface area contributed by atoms with Crippen LogP contribution in [0.4, 0.5) is 4.39 Å². The number of nitrogens with zero attached hydrogens (tertiary/aromatic N) is 1. The van der Waals surface area contributed by atoms with E-state index >= 15 is 0 Å². The average molecular weight is 332 g/mol. The second-order valence-corrected chi connectivity index (χ2v) is 5.43. The molecule has 0 spiro atoms.